The van der Waals surface area contributed by atoms with Crippen LogP contribution in [0.1, 0.15) is 59.9 Å². The third-order valence-corrected chi connectivity index (χ3v) is 17.5. The second-order valence-electron chi connectivity index (χ2n) is 16.8. The maximum atomic E-state index is 13.8. The summed E-state index contributed by atoms with van der Waals surface area (Å²) in [4.78, 5) is 43.2. The molecule has 0 aliphatic carbocycles. The summed E-state index contributed by atoms with van der Waals surface area (Å²) in [6.07, 6.45) is -0.0491. The van der Waals surface area contributed by atoms with Crippen LogP contribution in [0.25, 0.3) is 0 Å². The second kappa shape index (κ2) is 20.9. The monoisotopic (exact) mass is 984 g/mol. The van der Waals surface area contributed by atoms with Crippen molar-refractivity contribution in [3.05, 3.63) is 65.3 Å². The Kier molecular flexibility index (Phi) is 16.6. The maximum absolute atomic E-state index is 13.8. The summed E-state index contributed by atoms with van der Waals surface area (Å²) in [7, 11) is -0.840. The molecule has 3 amide bonds. The molecule has 3 heterocycles. The van der Waals surface area contributed by atoms with Crippen molar-refractivity contribution in [3.8, 4) is 34.8 Å². The predicted octanol–water partition coefficient (Wildman–Crippen LogP) is 8.81. The Balaban J connectivity index is 1.71. The first kappa shape index (κ1) is 50.8. The minimum absolute atomic E-state index is 0.0497. The molecule has 1 saturated heterocycles. The zero-order chi connectivity index (χ0) is 47.3. The van der Waals surface area contributed by atoms with Gasteiger partial charge in [0.15, 0.2) is 17.2 Å². The first-order valence-electron chi connectivity index (χ1n) is 20.3. The van der Waals surface area contributed by atoms with Crippen molar-refractivity contribution in [2.45, 2.75) is 92.4 Å². The Morgan fingerprint density at radius 3 is 2.38 bits per heavy atom. The number of benzene rings is 2. The number of halogens is 3. The second-order valence-corrected chi connectivity index (χ2v) is 25.1. The number of carbonyl (C=O) groups is 3. The number of aliphatic hydroxyl groups is 1. The molecule has 2 bridgehead atoms. The highest BCUT2D eigenvalue weighted by Crippen LogP contribution is 2.59. The Labute approximate surface area is 394 Å². The Bertz CT molecular complexity index is 2150. The predicted molar refractivity (Wildman–Crippen MR) is 246 cm³/mol. The molecule has 2 aromatic rings. The number of nitrogens with zero attached hydrogens (tertiary/aromatic N) is 3. The molecule has 5 atom stereocenters. The number of thioether (sulfide) groups is 1. The van der Waals surface area contributed by atoms with Gasteiger partial charge in [-0.2, -0.15) is 5.26 Å². The molecule has 0 spiro atoms. The van der Waals surface area contributed by atoms with E-state index in [9.17, 15) is 24.8 Å². The van der Waals surface area contributed by atoms with E-state index < -0.39 is 79.6 Å². The van der Waals surface area contributed by atoms with Gasteiger partial charge in [-0.3, -0.25) is 4.90 Å². The number of hydrogen-bond acceptors (Lipinski definition) is 15. The van der Waals surface area contributed by atoms with Crippen molar-refractivity contribution in [2.75, 3.05) is 52.8 Å². The van der Waals surface area contributed by atoms with Crippen molar-refractivity contribution in [2.24, 2.45) is 0 Å². The molecular weight excluding hydrogens is 931 g/mol. The highest BCUT2D eigenvalue weighted by Gasteiger charge is 2.52. The van der Waals surface area contributed by atoms with Crippen LogP contribution < -0.4 is 28.7 Å². The lowest BCUT2D eigenvalue weighted by Crippen LogP contribution is -2.61. The molecule has 2 aromatic carbocycles. The topological polar surface area (TPSA) is 188 Å². The molecule has 5 rings (SSSR count). The number of imide groups is 1. The largest absolute Gasteiger partial charge is 0.541 e. The Hall–Kier alpha value is -4.22. The van der Waals surface area contributed by atoms with Crippen LogP contribution in [0.4, 0.5) is 14.4 Å². The molecule has 16 nitrogen and oxygen atoms in total. The van der Waals surface area contributed by atoms with Crippen molar-refractivity contribution < 1.29 is 57.1 Å². The van der Waals surface area contributed by atoms with Gasteiger partial charge in [0.2, 0.25) is 10.6 Å². The third-order valence-electron chi connectivity index (χ3n) is 11.5. The number of hydrogen-bond donors (Lipinski definition) is 2. The number of cyclic esters (lactones) is 1. The fourth-order valence-corrected chi connectivity index (χ4v) is 10.1. The number of amides is 3. The van der Waals surface area contributed by atoms with E-state index in [1.54, 1.807) is 25.0 Å². The van der Waals surface area contributed by atoms with Gasteiger partial charge in [0.1, 0.15) is 44.0 Å². The summed E-state index contributed by atoms with van der Waals surface area (Å²) in [5.41, 5.74) is 3.03. The fraction of sp³-hybridized carbons (Fsp3) is 0.535. The molecule has 0 radical (unpaired) electrons. The Morgan fingerprint density at radius 2 is 1.77 bits per heavy atom. The van der Waals surface area contributed by atoms with Crippen LogP contribution in [0.3, 0.4) is 0 Å². The molecular formula is C43H55Cl3N4O12SSi. The summed E-state index contributed by atoms with van der Waals surface area (Å²) >= 11 is 18.6. The molecule has 0 unspecified atom stereocenters. The standard InChI is InChI=1S/C43H55Cl3N4O12SSi/c1-11-13-56-35-25(4)36-37(61-23-60-36)32-30-20-58-40(53)49(41(54)59-21-43(44,45)46)22-63-38(33(32)35)29(19-51)50(30)28(18-47)27(48-39(52)57-14-12-2)16-26-15-24(3)34(55-8)31(17-26)62-64(9,10)42(5,6)7/h11-12,15,17,27-30,38,51H,1-2,13-14,16,19-23H2,3-10H3,(H,48,52)/t27-,28-,29+,30-,38-/m0/s1. The van der Waals surface area contributed by atoms with E-state index in [-0.39, 0.29) is 37.3 Å². The average Bonchev–Trinajstić information content (AvgIpc) is 3.71. The number of aliphatic hydroxyl groups excluding tert-OH is 1. The molecule has 64 heavy (non-hydrogen) atoms. The molecule has 3 aliphatic rings. The summed E-state index contributed by atoms with van der Waals surface area (Å²) in [5.74, 6) is 1.75. The van der Waals surface area contributed by atoms with E-state index in [1.807, 2.05) is 19.1 Å². The summed E-state index contributed by atoms with van der Waals surface area (Å²) in [6, 6.07) is 1.74. The van der Waals surface area contributed by atoms with E-state index in [4.69, 9.17) is 72.4 Å². The minimum Gasteiger partial charge on any atom is -0.541 e. The number of carbonyl (C=O) groups excluding carboxylic acids is 3. The van der Waals surface area contributed by atoms with Gasteiger partial charge < -0.3 is 48.0 Å². The number of fused-ring (bicyclic) bond motifs is 8. The average molecular weight is 986 g/mol. The molecule has 21 heteroatoms. The number of methoxy groups -OCH3 is 1. The van der Waals surface area contributed by atoms with Gasteiger partial charge in [-0.25, -0.2) is 19.3 Å². The van der Waals surface area contributed by atoms with Gasteiger partial charge >= 0.3 is 18.3 Å². The van der Waals surface area contributed by atoms with E-state index >= 15 is 0 Å². The van der Waals surface area contributed by atoms with Crippen LogP contribution in [-0.2, 0) is 20.6 Å². The van der Waals surface area contributed by atoms with Gasteiger partial charge in [-0.15, -0.1) is 11.8 Å². The lowest BCUT2D eigenvalue weighted by Gasteiger charge is -2.50. The fourth-order valence-electron chi connectivity index (χ4n) is 7.60. The van der Waals surface area contributed by atoms with Crippen LogP contribution in [0.15, 0.2) is 37.4 Å². The van der Waals surface area contributed by atoms with Gasteiger partial charge in [0, 0.05) is 16.7 Å². The van der Waals surface area contributed by atoms with Crippen molar-refractivity contribution >= 4 is 73.2 Å². The summed E-state index contributed by atoms with van der Waals surface area (Å²) in [6.45, 7) is 19.8. The number of nitrogens with one attached hydrogen (secondary N) is 1. The molecule has 0 aromatic heterocycles. The van der Waals surface area contributed by atoms with E-state index in [2.05, 4.69) is 58.4 Å². The zero-order valence-corrected chi connectivity index (χ0v) is 41.2. The van der Waals surface area contributed by atoms with Gasteiger partial charge in [0.25, 0.3) is 8.32 Å². The van der Waals surface area contributed by atoms with Crippen molar-refractivity contribution in [1.82, 2.24) is 15.1 Å². The summed E-state index contributed by atoms with van der Waals surface area (Å²) < 4.78 is 45.6. The molecule has 350 valence electrons. The van der Waals surface area contributed by atoms with E-state index in [1.165, 1.54) is 6.08 Å². The van der Waals surface area contributed by atoms with Gasteiger partial charge in [-0.05, 0) is 55.6 Å². The lowest BCUT2D eigenvalue weighted by atomic mass is 9.82. The third kappa shape index (κ3) is 11.1. The number of rotatable bonds is 15. The number of alkyl halides is 3. The van der Waals surface area contributed by atoms with Crippen molar-refractivity contribution in [1.29, 1.82) is 5.26 Å². The van der Waals surface area contributed by atoms with E-state index in [0.29, 0.717) is 55.9 Å². The normalized spacial score (nSPS) is 19.6. The van der Waals surface area contributed by atoms with Gasteiger partial charge in [0.05, 0.1) is 49.0 Å². The van der Waals surface area contributed by atoms with Gasteiger partial charge in [-0.1, -0.05) is 87.0 Å². The zero-order valence-electron chi connectivity index (χ0n) is 37.1. The quantitative estimate of drug-likeness (QED) is 0.0745. The molecule has 0 saturated carbocycles. The first-order valence-corrected chi connectivity index (χ1v) is 25.4. The SMILES string of the molecule is C=CCOC(=O)N[C@@H](Cc1cc(C)c(OC)c(O[Si](C)(C)C(C)(C)C)c1)[C@H](C#N)N1[C@H](CO)[C@@H]2SCN(C(=O)OCC(Cl)(Cl)Cl)C(=O)OC[C@H]1c1c3c(c(C)c(OCC=C)c12)OCO3. The number of aryl methyl sites for hydroxylation is 1. The number of nitriles is 1. The minimum atomic E-state index is -2.41. The first-order chi connectivity index (χ1) is 30.1. The molecule has 3 aliphatic heterocycles. The van der Waals surface area contributed by atoms with Crippen LogP contribution in [0, 0.1) is 25.2 Å². The lowest BCUT2D eigenvalue weighted by molar-refractivity contribution is -0.00375. The van der Waals surface area contributed by atoms with Crippen LogP contribution >= 0.6 is 46.6 Å². The number of alkyl carbamates (subject to hydrolysis) is 1. The molecule has 2 N–H and O–H groups in total. The molecule has 1 fully saturated rings. The smallest absolute Gasteiger partial charge is 0.420 e. The maximum Gasteiger partial charge on any atom is 0.420 e. The van der Waals surface area contributed by atoms with Crippen molar-refractivity contribution in [3.63, 3.8) is 0 Å². The number of ether oxygens (including phenoxy) is 7. The van der Waals surface area contributed by atoms with Crippen LogP contribution in [0.5, 0.6) is 28.7 Å². The highest BCUT2D eigenvalue weighted by molar-refractivity contribution is 7.99. The van der Waals surface area contributed by atoms with E-state index in [0.717, 1.165) is 17.3 Å². The van der Waals surface area contributed by atoms with Crippen LogP contribution in [-0.4, -0.2) is 116 Å². The summed E-state index contributed by atoms with van der Waals surface area (Å²) in [5, 5.41) is 24.8. The highest BCUT2D eigenvalue weighted by atomic mass is 35.6. The van der Waals surface area contributed by atoms with Crippen LogP contribution in [0.2, 0.25) is 18.1 Å². The Morgan fingerprint density at radius 1 is 1.08 bits per heavy atom.